The van der Waals surface area contributed by atoms with Crippen LogP contribution in [0, 0.1) is 0 Å². The highest BCUT2D eigenvalue weighted by atomic mass is 16.5. The summed E-state index contributed by atoms with van der Waals surface area (Å²) >= 11 is 0. The van der Waals surface area contributed by atoms with Crippen molar-refractivity contribution >= 4 is 11.6 Å². The third kappa shape index (κ3) is 1.42. The van der Waals surface area contributed by atoms with Gasteiger partial charge in [0.25, 0.3) is 5.78 Å². The first-order valence-electron chi connectivity index (χ1n) is 6.47. The lowest BCUT2D eigenvalue weighted by Gasteiger charge is -2.30. The van der Waals surface area contributed by atoms with Crippen LogP contribution in [-0.4, -0.2) is 45.9 Å². The summed E-state index contributed by atoms with van der Waals surface area (Å²) in [7, 11) is 0. The summed E-state index contributed by atoms with van der Waals surface area (Å²) < 4.78 is 7.32. The highest BCUT2D eigenvalue weighted by molar-refractivity contribution is 5.56. The van der Waals surface area contributed by atoms with Crippen molar-refractivity contribution in [2.45, 2.75) is 19.3 Å². The van der Waals surface area contributed by atoms with Crippen LogP contribution < -0.4 is 4.90 Å². The van der Waals surface area contributed by atoms with Crippen LogP contribution in [0.2, 0.25) is 0 Å². The zero-order valence-corrected chi connectivity index (χ0v) is 10.2. The second-order valence-electron chi connectivity index (χ2n) is 4.79. The molecule has 2 aliphatic rings. The Morgan fingerprint density at radius 1 is 1.17 bits per heavy atom. The fourth-order valence-electron chi connectivity index (χ4n) is 2.90. The van der Waals surface area contributed by atoms with E-state index in [0.717, 1.165) is 44.9 Å². The van der Waals surface area contributed by atoms with Gasteiger partial charge in [-0.1, -0.05) is 0 Å². The SMILES string of the molecule is c1nc2nc3c(c(N4CCOCC4)n2n1)CCC3. The summed E-state index contributed by atoms with van der Waals surface area (Å²) in [5.41, 5.74) is 2.56. The number of morpholine rings is 1. The van der Waals surface area contributed by atoms with Gasteiger partial charge in [-0.05, 0) is 19.3 Å². The Balaban J connectivity index is 1.93. The second-order valence-corrected chi connectivity index (χ2v) is 4.79. The zero-order chi connectivity index (χ0) is 11.9. The predicted octanol–water partition coefficient (Wildman–Crippen LogP) is 0.450. The number of fused-ring (bicyclic) bond motifs is 2. The normalized spacial score (nSPS) is 19.4. The number of aromatic nitrogens is 4. The van der Waals surface area contributed by atoms with Crippen molar-refractivity contribution in [2.24, 2.45) is 0 Å². The topological polar surface area (TPSA) is 55.5 Å². The van der Waals surface area contributed by atoms with Crippen LogP contribution in [0.25, 0.3) is 5.78 Å². The number of rotatable bonds is 1. The van der Waals surface area contributed by atoms with E-state index in [-0.39, 0.29) is 0 Å². The molecule has 1 saturated heterocycles. The highest BCUT2D eigenvalue weighted by Gasteiger charge is 2.25. The Hall–Kier alpha value is -1.69. The van der Waals surface area contributed by atoms with Crippen LogP contribution >= 0.6 is 0 Å². The zero-order valence-electron chi connectivity index (χ0n) is 10.2. The molecule has 0 amide bonds. The molecular formula is C12H15N5O. The summed E-state index contributed by atoms with van der Waals surface area (Å²) in [6.45, 7) is 3.41. The number of aryl methyl sites for hydroxylation is 1. The average molecular weight is 245 g/mol. The summed E-state index contributed by atoms with van der Waals surface area (Å²) in [6, 6.07) is 0. The lowest BCUT2D eigenvalue weighted by atomic mass is 10.2. The van der Waals surface area contributed by atoms with E-state index >= 15 is 0 Å². The average Bonchev–Trinajstić information content (AvgIpc) is 3.04. The van der Waals surface area contributed by atoms with Gasteiger partial charge >= 0.3 is 0 Å². The number of nitrogens with zero attached hydrogens (tertiary/aromatic N) is 5. The number of ether oxygens (including phenoxy) is 1. The van der Waals surface area contributed by atoms with Crippen molar-refractivity contribution < 1.29 is 4.74 Å². The molecule has 1 fully saturated rings. The van der Waals surface area contributed by atoms with E-state index in [2.05, 4.69) is 20.0 Å². The summed E-state index contributed by atoms with van der Waals surface area (Å²) in [5, 5.41) is 4.33. The first-order chi connectivity index (χ1) is 8.93. The van der Waals surface area contributed by atoms with Gasteiger partial charge in [-0.2, -0.15) is 14.6 Å². The first kappa shape index (κ1) is 10.3. The maximum absolute atomic E-state index is 5.43. The van der Waals surface area contributed by atoms with Gasteiger partial charge in [0, 0.05) is 18.7 Å². The Morgan fingerprint density at radius 3 is 2.94 bits per heavy atom. The molecule has 0 radical (unpaired) electrons. The summed E-state index contributed by atoms with van der Waals surface area (Å²) in [5.74, 6) is 1.91. The molecule has 0 aromatic carbocycles. The monoisotopic (exact) mass is 245 g/mol. The molecule has 6 heteroatoms. The third-order valence-electron chi connectivity index (χ3n) is 3.73. The van der Waals surface area contributed by atoms with Gasteiger partial charge in [0.05, 0.1) is 18.9 Å². The molecule has 0 N–H and O–H groups in total. The standard InChI is InChI=1S/C12H15N5O/c1-2-9-10(3-1)15-12-13-8-14-17(12)11(9)16-4-6-18-7-5-16/h8H,1-7H2. The smallest absolute Gasteiger partial charge is 0.254 e. The van der Waals surface area contributed by atoms with Gasteiger partial charge in [0.2, 0.25) is 0 Å². The fourth-order valence-corrected chi connectivity index (χ4v) is 2.90. The first-order valence-corrected chi connectivity index (χ1v) is 6.47. The molecule has 1 aliphatic carbocycles. The summed E-state index contributed by atoms with van der Waals surface area (Å²) in [4.78, 5) is 11.2. The van der Waals surface area contributed by atoms with Gasteiger partial charge in [0.15, 0.2) is 0 Å². The van der Waals surface area contributed by atoms with Crippen LogP contribution in [0.4, 0.5) is 5.82 Å². The van der Waals surface area contributed by atoms with Gasteiger partial charge < -0.3 is 9.64 Å². The van der Waals surface area contributed by atoms with Crippen LogP contribution in [-0.2, 0) is 17.6 Å². The Kier molecular flexibility index (Phi) is 2.23. The van der Waals surface area contributed by atoms with Crippen molar-refractivity contribution in [3.05, 3.63) is 17.6 Å². The fraction of sp³-hybridized carbons (Fsp3) is 0.583. The van der Waals surface area contributed by atoms with Crippen LogP contribution in [0.5, 0.6) is 0 Å². The Morgan fingerprint density at radius 2 is 2.06 bits per heavy atom. The Bertz CT molecular complexity index is 587. The van der Waals surface area contributed by atoms with Crippen LogP contribution in [0.1, 0.15) is 17.7 Å². The molecule has 0 atom stereocenters. The van der Waals surface area contributed by atoms with Gasteiger partial charge in [-0.15, -0.1) is 0 Å². The van der Waals surface area contributed by atoms with E-state index in [1.54, 1.807) is 6.33 Å². The van der Waals surface area contributed by atoms with E-state index in [1.165, 1.54) is 23.5 Å². The molecule has 6 nitrogen and oxygen atoms in total. The Labute approximate surface area is 105 Å². The quantitative estimate of drug-likeness (QED) is 0.730. The van der Waals surface area contributed by atoms with Crippen molar-refractivity contribution in [3.63, 3.8) is 0 Å². The van der Waals surface area contributed by atoms with Crippen molar-refractivity contribution in [1.82, 2.24) is 19.6 Å². The molecular weight excluding hydrogens is 230 g/mol. The summed E-state index contributed by atoms with van der Waals surface area (Å²) in [6.07, 6.45) is 4.94. The van der Waals surface area contributed by atoms with Crippen LogP contribution in [0.3, 0.4) is 0 Å². The number of hydrogen-bond donors (Lipinski definition) is 0. The van der Waals surface area contributed by atoms with Crippen molar-refractivity contribution in [2.75, 3.05) is 31.2 Å². The number of hydrogen-bond acceptors (Lipinski definition) is 5. The van der Waals surface area contributed by atoms with Crippen LogP contribution in [0.15, 0.2) is 6.33 Å². The van der Waals surface area contributed by atoms with Gasteiger partial charge in [0.1, 0.15) is 12.1 Å². The number of anilines is 1. The lowest BCUT2D eigenvalue weighted by molar-refractivity contribution is 0.122. The molecule has 4 rings (SSSR count). The van der Waals surface area contributed by atoms with Gasteiger partial charge in [-0.3, -0.25) is 0 Å². The largest absolute Gasteiger partial charge is 0.378 e. The van der Waals surface area contributed by atoms with E-state index in [1.807, 2.05) is 4.52 Å². The highest BCUT2D eigenvalue weighted by Crippen LogP contribution is 2.30. The van der Waals surface area contributed by atoms with E-state index in [4.69, 9.17) is 4.74 Å². The molecule has 94 valence electrons. The molecule has 2 aromatic rings. The molecule has 0 unspecified atom stereocenters. The molecule has 0 saturated carbocycles. The van der Waals surface area contributed by atoms with Gasteiger partial charge in [-0.25, -0.2) is 4.98 Å². The molecule has 2 aromatic heterocycles. The lowest BCUT2D eigenvalue weighted by Crippen LogP contribution is -2.38. The minimum Gasteiger partial charge on any atom is -0.378 e. The van der Waals surface area contributed by atoms with E-state index < -0.39 is 0 Å². The molecule has 3 heterocycles. The van der Waals surface area contributed by atoms with Crippen molar-refractivity contribution in [1.29, 1.82) is 0 Å². The van der Waals surface area contributed by atoms with Crippen molar-refractivity contribution in [3.8, 4) is 0 Å². The van der Waals surface area contributed by atoms with E-state index in [9.17, 15) is 0 Å². The maximum atomic E-state index is 5.43. The minimum absolute atomic E-state index is 0.720. The minimum atomic E-state index is 0.720. The maximum Gasteiger partial charge on any atom is 0.254 e. The molecule has 1 aliphatic heterocycles. The third-order valence-corrected chi connectivity index (χ3v) is 3.73. The van der Waals surface area contributed by atoms with E-state index in [0.29, 0.717) is 0 Å². The second kappa shape index (κ2) is 3.91. The molecule has 0 bridgehead atoms. The predicted molar refractivity (Wildman–Crippen MR) is 65.8 cm³/mol. The molecule has 18 heavy (non-hydrogen) atoms. The molecule has 0 spiro atoms.